The SMILES string of the molecule is CC1CCCN1c1nc(-c2ccc(F)c(Cl)c2)cc(N2CCN(c3ncc(C(N)=O)cc3Cl)C[C@H]2C)n1. The molecule has 0 radical (unpaired) electrons. The predicted molar refractivity (Wildman–Crippen MR) is 145 cm³/mol. The molecule has 2 aliphatic heterocycles. The van der Waals surface area contributed by atoms with Gasteiger partial charge in [-0.15, -0.1) is 0 Å². The average molecular weight is 544 g/mol. The summed E-state index contributed by atoms with van der Waals surface area (Å²) >= 11 is 12.5. The van der Waals surface area contributed by atoms with Gasteiger partial charge in [0.2, 0.25) is 11.9 Å². The summed E-state index contributed by atoms with van der Waals surface area (Å²) in [4.78, 5) is 32.3. The van der Waals surface area contributed by atoms with Crippen molar-refractivity contribution in [2.75, 3.05) is 40.9 Å². The van der Waals surface area contributed by atoms with Gasteiger partial charge in [-0.2, -0.15) is 4.98 Å². The second-order valence-corrected chi connectivity index (χ2v) is 10.4. The van der Waals surface area contributed by atoms with Crippen molar-refractivity contribution < 1.29 is 9.18 Å². The van der Waals surface area contributed by atoms with Crippen LogP contribution in [0.3, 0.4) is 0 Å². The number of rotatable bonds is 5. The van der Waals surface area contributed by atoms with E-state index in [4.69, 9.17) is 38.9 Å². The summed E-state index contributed by atoms with van der Waals surface area (Å²) in [5.41, 5.74) is 7.06. The van der Waals surface area contributed by atoms with Crippen LogP contribution in [0.15, 0.2) is 36.5 Å². The Balaban J connectivity index is 1.46. The van der Waals surface area contributed by atoms with Crippen LogP contribution < -0.4 is 20.4 Å². The van der Waals surface area contributed by atoms with Gasteiger partial charge in [0.1, 0.15) is 17.5 Å². The molecule has 0 saturated carbocycles. The Hall–Kier alpha value is -3.17. The molecule has 11 heteroatoms. The van der Waals surface area contributed by atoms with Gasteiger partial charge in [0, 0.05) is 56.1 Å². The molecule has 2 N–H and O–H groups in total. The van der Waals surface area contributed by atoms with Crippen LogP contribution in [0, 0.1) is 5.82 Å². The van der Waals surface area contributed by atoms with Crippen LogP contribution >= 0.6 is 23.2 Å². The van der Waals surface area contributed by atoms with Crippen LogP contribution in [0.4, 0.5) is 22.0 Å². The Morgan fingerprint density at radius 2 is 1.84 bits per heavy atom. The minimum atomic E-state index is -0.565. The van der Waals surface area contributed by atoms with Gasteiger partial charge in [-0.3, -0.25) is 4.79 Å². The molecule has 0 spiro atoms. The smallest absolute Gasteiger partial charge is 0.250 e. The van der Waals surface area contributed by atoms with E-state index in [2.05, 4.69) is 33.5 Å². The fourth-order valence-electron chi connectivity index (χ4n) is 5.02. The number of amides is 1. The van der Waals surface area contributed by atoms with Crippen molar-refractivity contribution in [1.29, 1.82) is 0 Å². The van der Waals surface area contributed by atoms with Crippen molar-refractivity contribution in [2.45, 2.75) is 38.8 Å². The van der Waals surface area contributed by atoms with Crippen LogP contribution in [0.25, 0.3) is 11.3 Å². The minimum absolute atomic E-state index is 0.0578. The third-order valence-corrected chi connectivity index (χ3v) is 7.62. The van der Waals surface area contributed by atoms with Gasteiger partial charge >= 0.3 is 0 Å². The lowest BCUT2D eigenvalue weighted by Gasteiger charge is -2.41. The van der Waals surface area contributed by atoms with Crippen LogP contribution in [0.2, 0.25) is 10.0 Å². The molecule has 2 atom stereocenters. The number of benzene rings is 1. The van der Waals surface area contributed by atoms with Gasteiger partial charge in [0.15, 0.2) is 0 Å². The number of piperazine rings is 1. The number of nitrogens with two attached hydrogens (primary N) is 1. The van der Waals surface area contributed by atoms with Crippen molar-refractivity contribution >= 4 is 46.7 Å². The second-order valence-electron chi connectivity index (χ2n) is 9.61. The molecule has 2 aromatic heterocycles. The molecule has 2 aliphatic rings. The Morgan fingerprint density at radius 3 is 2.49 bits per heavy atom. The van der Waals surface area contributed by atoms with Crippen molar-refractivity contribution in [3.63, 3.8) is 0 Å². The molecule has 1 unspecified atom stereocenters. The molecule has 194 valence electrons. The molecular formula is C26H28Cl2FN7O. The lowest BCUT2D eigenvalue weighted by atomic mass is 10.1. The molecule has 0 aliphatic carbocycles. The van der Waals surface area contributed by atoms with E-state index in [0.29, 0.717) is 48.2 Å². The van der Waals surface area contributed by atoms with E-state index in [1.54, 1.807) is 18.2 Å². The minimum Gasteiger partial charge on any atom is -0.366 e. The summed E-state index contributed by atoms with van der Waals surface area (Å²) in [6, 6.07) is 8.56. The highest BCUT2D eigenvalue weighted by molar-refractivity contribution is 6.33. The van der Waals surface area contributed by atoms with E-state index in [9.17, 15) is 9.18 Å². The molecule has 37 heavy (non-hydrogen) atoms. The molecule has 4 heterocycles. The predicted octanol–water partition coefficient (Wildman–Crippen LogP) is 4.79. The standard InChI is InChI=1S/C26H28Cl2FN7O/c1-15-4-3-7-36(15)26-32-22(17-5-6-21(29)19(27)10-17)12-23(33-26)35-9-8-34(14-16(35)2)25-20(28)11-18(13-31-25)24(30)37/h5-6,10-13,15-16H,3-4,7-9,14H2,1-2H3,(H2,30,37)/t15?,16-/m1/s1. The van der Waals surface area contributed by atoms with E-state index in [0.717, 1.165) is 30.8 Å². The highest BCUT2D eigenvalue weighted by Crippen LogP contribution is 2.33. The number of nitrogens with zero attached hydrogens (tertiary/aromatic N) is 6. The van der Waals surface area contributed by atoms with Crippen molar-refractivity contribution in [2.24, 2.45) is 5.73 Å². The van der Waals surface area contributed by atoms with E-state index in [1.807, 2.05) is 6.07 Å². The number of hydrogen-bond donors (Lipinski definition) is 1. The Labute approximate surface area is 225 Å². The molecular weight excluding hydrogens is 516 g/mol. The number of carbonyl (C=O) groups is 1. The number of halogens is 3. The quantitative estimate of drug-likeness (QED) is 0.494. The van der Waals surface area contributed by atoms with E-state index < -0.39 is 11.7 Å². The maximum absolute atomic E-state index is 13.9. The van der Waals surface area contributed by atoms with Gasteiger partial charge in [-0.1, -0.05) is 23.2 Å². The highest BCUT2D eigenvalue weighted by Gasteiger charge is 2.30. The maximum Gasteiger partial charge on any atom is 0.250 e. The molecule has 3 aromatic rings. The molecule has 8 nitrogen and oxygen atoms in total. The van der Waals surface area contributed by atoms with Gasteiger partial charge in [0.25, 0.3) is 0 Å². The summed E-state index contributed by atoms with van der Waals surface area (Å²) in [5.74, 6) is 1.06. The van der Waals surface area contributed by atoms with Gasteiger partial charge in [0.05, 0.1) is 21.3 Å². The first-order chi connectivity index (χ1) is 17.7. The summed E-state index contributed by atoms with van der Waals surface area (Å²) in [6.07, 6.45) is 3.63. The number of primary amides is 1. The average Bonchev–Trinajstić information content (AvgIpc) is 3.31. The molecule has 0 bridgehead atoms. The number of aromatic nitrogens is 3. The van der Waals surface area contributed by atoms with Gasteiger partial charge in [-0.05, 0) is 51.0 Å². The van der Waals surface area contributed by atoms with Gasteiger partial charge in [-0.25, -0.2) is 14.4 Å². The molecule has 2 saturated heterocycles. The molecule has 5 rings (SSSR count). The zero-order valence-electron chi connectivity index (χ0n) is 20.7. The summed E-state index contributed by atoms with van der Waals surface area (Å²) in [7, 11) is 0. The normalized spacial score (nSPS) is 20.0. The fourth-order valence-corrected chi connectivity index (χ4v) is 5.49. The molecule has 1 amide bonds. The van der Waals surface area contributed by atoms with E-state index in [1.165, 1.54) is 12.3 Å². The summed E-state index contributed by atoms with van der Waals surface area (Å²) in [6.45, 7) is 7.17. The summed E-state index contributed by atoms with van der Waals surface area (Å²) < 4.78 is 13.9. The van der Waals surface area contributed by atoms with Crippen molar-refractivity contribution in [3.8, 4) is 11.3 Å². The number of anilines is 3. The monoisotopic (exact) mass is 543 g/mol. The van der Waals surface area contributed by atoms with Crippen molar-refractivity contribution in [3.05, 3.63) is 58.0 Å². The topological polar surface area (TPSA) is 91.5 Å². The molecule has 1 aromatic carbocycles. The second kappa shape index (κ2) is 10.3. The Kier molecular flexibility index (Phi) is 7.09. The number of carbonyl (C=O) groups excluding carboxylic acids is 1. The van der Waals surface area contributed by atoms with Crippen LogP contribution in [0.5, 0.6) is 0 Å². The maximum atomic E-state index is 13.9. The lowest BCUT2D eigenvalue weighted by molar-refractivity contribution is 0.1000. The lowest BCUT2D eigenvalue weighted by Crippen LogP contribution is -2.53. The largest absolute Gasteiger partial charge is 0.366 e. The zero-order valence-corrected chi connectivity index (χ0v) is 22.2. The van der Waals surface area contributed by atoms with E-state index >= 15 is 0 Å². The number of hydrogen-bond acceptors (Lipinski definition) is 7. The Morgan fingerprint density at radius 1 is 1.03 bits per heavy atom. The van der Waals surface area contributed by atoms with Crippen molar-refractivity contribution in [1.82, 2.24) is 15.0 Å². The first-order valence-electron chi connectivity index (χ1n) is 12.3. The van der Waals surface area contributed by atoms with Gasteiger partial charge < -0.3 is 20.4 Å². The Bertz CT molecular complexity index is 1340. The van der Waals surface area contributed by atoms with E-state index in [-0.39, 0.29) is 16.6 Å². The summed E-state index contributed by atoms with van der Waals surface area (Å²) in [5, 5.41) is 0.447. The molecule has 2 fully saturated rings. The number of pyridine rings is 1. The van der Waals surface area contributed by atoms with Crippen LogP contribution in [0.1, 0.15) is 37.0 Å². The fraction of sp³-hybridized carbons (Fsp3) is 0.385. The van der Waals surface area contributed by atoms with Crippen LogP contribution in [-0.4, -0.2) is 59.1 Å². The highest BCUT2D eigenvalue weighted by atomic mass is 35.5. The first kappa shape index (κ1) is 25.5. The third kappa shape index (κ3) is 5.15. The third-order valence-electron chi connectivity index (χ3n) is 7.05. The van der Waals surface area contributed by atoms with Crippen LogP contribution in [-0.2, 0) is 0 Å². The first-order valence-corrected chi connectivity index (χ1v) is 13.0. The zero-order chi connectivity index (χ0) is 26.3.